The van der Waals surface area contributed by atoms with Crippen molar-refractivity contribution in [1.82, 2.24) is 19.0 Å². The molecule has 3 heterocycles. The van der Waals surface area contributed by atoms with Crippen molar-refractivity contribution in [1.29, 1.82) is 0 Å². The molecule has 170 valence electrons. The van der Waals surface area contributed by atoms with Gasteiger partial charge in [0.05, 0.1) is 10.9 Å². The summed E-state index contributed by atoms with van der Waals surface area (Å²) in [5.74, 6) is -0.160. The Bertz CT molecular complexity index is 1240. The second-order valence-electron chi connectivity index (χ2n) is 8.35. The monoisotopic (exact) mass is 446 g/mol. The standard InChI is InChI=1S/C23H25F3N4O2/c1-28-20-19(21(31)29(2)22(28)32)17(23(24,25)26)14-18(27-20)16-9-12-30(13-10-16)11-8-15-6-4-3-5-7-15/h3-7,14,16H,8-13H2,1-2H3. The zero-order valence-corrected chi connectivity index (χ0v) is 18.0. The molecule has 1 fully saturated rings. The molecule has 1 saturated heterocycles. The molecule has 0 atom stereocenters. The number of alkyl halides is 3. The maximum Gasteiger partial charge on any atom is 0.417 e. The zero-order valence-electron chi connectivity index (χ0n) is 18.0. The topological polar surface area (TPSA) is 60.1 Å². The van der Waals surface area contributed by atoms with Gasteiger partial charge < -0.3 is 4.90 Å². The normalized spacial score (nSPS) is 16.0. The average Bonchev–Trinajstić information content (AvgIpc) is 2.79. The van der Waals surface area contributed by atoms with Crippen molar-refractivity contribution in [2.75, 3.05) is 19.6 Å². The van der Waals surface area contributed by atoms with Gasteiger partial charge in [0, 0.05) is 32.3 Å². The minimum absolute atomic E-state index is 0.160. The number of piperidine rings is 1. The third-order valence-electron chi connectivity index (χ3n) is 6.30. The molecule has 0 aliphatic carbocycles. The van der Waals surface area contributed by atoms with Gasteiger partial charge in [0.2, 0.25) is 0 Å². The number of pyridine rings is 1. The Morgan fingerprint density at radius 1 is 1.03 bits per heavy atom. The van der Waals surface area contributed by atoms with Gasteiger partial charge in [-0.15, -0.1) is 0 Å². The predicted molar refractivity (Wildman–Crippen MR) is 116 cm³/mol. The fourth-order valence-corrected chi connectivity index (χ4v) is 4.39. The summed E-state index contributed by atoms with van der Waals surface area (Å²) in [5, 5.41) is -0.564. The van der Waals surface area contributed by atoms with Gasteiger partial charge in [-0.1, -0.05) is 30.3 Å². The Balaban J connectivity index is 1.61. The van der Waals surface area contributed by atoms with Crippen molar-refractivity contribution in [3.63, 3.8) is 0 Å². The lowest BCUT2D eigenvalue weighted by Crippen LogP contribution is -2.39. The Morgan fingerprint density at radius 2 is 1.69 bits per heavy atom. The van der Waals surface area contributed by atoms with Gasteiger partial charge in [-0.25, -0.2) is 9.78 Å². The highest BCUT2D eigenvalue weighted by atomic mass is 19.4. The van der Waals surface area contributed by atoms with Gasteiger partial charge in [-0.05, 0) is 44.0 Å². The molecule has 2 aromatic heterocycles. The summed E-state index contributed by atoms with van der Waals surface area (Å²) in [6.07, 6.45) is -2.47. The molecule has 0 radical (unpaired) electrons. The minimum atomic E-state index is -4.73. The molecule has 0 spiro atoms. The van der Waals surface area contributed by atoms with Crippen molar-refractivity contribution in [2.45, 2.75) is 31.4 Å². The Labute approximate surface area is 182 Å². The molecule has 0 amide bonds. The molecule has 4 rings (SSSR count). The summed E-state index contributed by atoms with van der Waals surface area (Å²) in [6, 6.07) is 11.2. The maximum absolute atomic E-state index is 13.9. The molecule has 0 unspecified atom stereocenters. The van der Waals surface area contributed by atoms with Gasteiger partial charge in [0.25, 0.3) is 5.56 Å². The van der Waals surface area contributed by atoms with Crippen LogP contribution < -0.4 is 11.2 Å². The number of hydrogen-bond acceptors (Lipinski definition) is 4. The quantitative estimate of drug-likeness (QED) is 0.618. The lowest BCUT2D eigenvalue weighted by Gasteiger charge is -2.32. The van der Waals surface area contributed by atoms with Crippen molar-refractivity contribution in [3.05, 3.63) is 74.1 Å². The second kappa shape index (κ2) is 8.54. The van der Waals surface area contributed by atoms with Crippen LogP contribution >= 0.6 is 0 Å². The SMILES string of the molecule is Cn1c(=O)c2c(C(F)(F)F)cc(C3CCN(CCc4ccccc4)CC3)nc2n(C)c1=O. The fraction of sp³-hybridized carbons (Fsp3) is 0.435. The van der Waals surface area contributed by atoms with E-state index >= 15 is 0 Å². The van der Waals surface area contributed by atoms with Crippen LogP contribution in [0.3, 0.4) is 0 Å². The lowest BCUT2D eigenvalue weighted by molar-refractivity contribution is -0.136. The highest BCUT2D eigenvalue weighted by molar-refractivity contribution is 5.79. The Hall–Kier alpha value is -2.94. The van der Waals surface area contributed by atoms with E-state index in [1.807, 2.05) is 18.2 Å². The third kappa shape index (κ3) is 4.21. The summed E-state index contributed by atoms with van der Waals surface area (Å²) < 4.78 is 43.3. The minimum Gasteiger partial charge on any atom is -0.303 e. The number of benzene rings is 1. The van der Waals surface area contributed by atoms with E-state index in [4.69, 9.17) is 0 Å². The van der Waals surface area contributed by atoms with Crippen LogP contribution in [0.5, 0.6) is 0 Å². The molecule has 1 aromatic carbocycles. The maximum atomic E-state index is 13.9. The molecule has 32 heavy (non-hydrogen) atoms. The van der Waals surface area contributed by atoms with Crippen LogP contribution in [-0.2, 0) is 26.7 Å². The van der Waals surface area contributed by atoms with Crippen LogP contribution in [0, 0.1) is 0 Å². The van der Waals surface area contributed by atoms with Gasteiger partial charge in [-0.2, -0.15) is 13.2 Å². The van der Waals surface area contributed by atoms with E-state index in [1.54, 1.807) is 0 Å². The first-order chi connectivity index (χ1) is 15.2. The number of likely N-dealkylation sites (tertiary alicyclic amines) is 1. The predicted octanol–water partition coefficient (Wildman–Crippen LogP) is 3.07. The highest BCUT2D eigenvalue weighted by Gasteiger charge is 2.36. The van der Waals surface area contributed by atoms with E-state index in [0.29, 0.717) is 17.4 Å². The van der Waals surface area contributed by atoms with Crippen molar-refractivity contribution in [2.24, 2.45) is 14.1 Å². The van der Waals surface area contributed by atoms with E-state index in [9.17, 15) is 22.8 Å². The van der Waals surface area contributed by atoms with E-state index in [0.717, 1.165) is 36.7 Å². The van der Waals surface area contributed by atoms with E-state index < -0.39 is 28.4 Å². The first-order valence-corrected chi connectivity index (χ1v) is 10.6. The van der Waals surface area contributed by atoms with Crippen LogP contribution in [0.4, 0.5) is 13.2 Å². The molecule has 0 bridgehead atoms. The molecule has 9 heteroatoms. The smallest absolute Gasteiger partial charge is 0.303 e. The largest absolute Gasteiger partial charge is 0.417 e. The molecule has 0 saturated carbocycles. The molecule has 0 N–H and O–H groups in total. The van der Waals surface area contributed by atoms with E-state index in [-0.39, 0.29) is 17.3 Å². The van der Waals surface area contributed by atoms with Gasteiger partial charge >= 0.3 is 11.9 Å². The third-order valence-corrected chi connectivity index (χ3v) is 6.30. The number of rotatable bonds is 4. The molecular formula is C23H25F3N4O2. The summed E-state index contributed by atoms with van der Waals surface area (Å²) in [5.41, 5.74) is -1.38. The van der Waals surface area contributed by atoms with Gasteiger partial charge in [0.1, 0.15) is 5.65 Å². The molecule has 6 nitrogen and oxygen atoms in total. The van der Waals surface area contributed by atoms with Crippen LogP contribution in [-0.4, -0.2) is 38.7 Å². The fourth-order valence-electron chi connectivity index (χ4n) is 4.39. The van der Waals surface area contributed by atoms with Crippen molar-refractivity contribution in [3.8, 4) is 0 Å². The van der Waals surface area contributed by atoms with Gasteiger partial charge in [-0.3, -0.25) is 13.9 Å². The van der Waals surface area contributed by atoms with Crippen molar-refractivity contribution < 1.29 is 13.2 Å². The molecule has 3 aromatic rings. The second-order valence-corrected chi connectivity index (χ2v) is 8.35. The van der Waals surface area contributed by atoms with Crippen LogP contribution in [0.2, 0.25) is 0 Å². The van der Waals surface area contributed by atoms with Crippen LogP contribution in [0.15, 0.2) is 46.0 Å². The summed E-state index contributed by atoms with van der Waals surface area (Å²) in [7, 11) is 2.51. The Kier molecular flexibility index (Phi) is 5.94. The molecular weight excluding hydrogens is 421 g/mol. The number of nitrogens with zero attached hydrogens (tertiary/aromatic N) is 4. The van der Waals surface area contributed by atoms with E-state index in [1.165, 1.54) is 19.7 Å². The Morgan fingerprint density at radius 3 is 2.31 bits per heavy atom. The first-order valence-electron chi connectivity index (χ1n) is 10.6. The van der Waals surface area contributed by atoms with Crippen LogP contribution in [0.25, 0.3) is 11.0 Å². The average molecular weight is 446 g/mol. The highest BCUT2D eigenvalue weighted by Crippen LogP contribution is 2.36. The number of hydrogen-bond donors (Lipinski definition) is 0. The van der Waals surface area contributed by atoms with Crippen molar-refractivity contribution >= 4 is 11.0 Å². The van der Waals surface area contributed by atoms with E-state index in [2.05, 4.69) is 22.0 Å². The zero-order chi connectivity index (χ0) is 23.0. The lowest BCUT2D eigenvalue weighted by atomic mass is 9.91. The van der Waals surface area contributed by atoms with Crippen LogP contribution in [0.1, 0.15) is 35.6 Å². The number of aryl methyl sites for hydroxylation is 1. The first kappa shape index (κ1) is 22.3. The number of halogens is 3. The summed E-state index contributed by atoms with van der Waals surface area (Å²) in [6.45, 7) is 2.41. The summed E-state index contributed by atoms with van der Waals surface area (Å²) >= 11 is 0. The molecule has 1 aliphatic rings. The number of fused-ring (bicyclic) bond motifs is 1. The summed E-state index contributed by atoms with van der Waals surface area (Å²) in [4.78, 5) is 31.5. The number of aromatic nitrogens is 3. The van der Waals surface area contributed by atoms with Gasteiger partial charge in [0.15, 0.2) is 0 Å². The molecule has 1 aliphatic heterocycles.